The molecule has 3 rings (SSSR count). The minimum atomic E-state index is -0.370. The third kappa shape index (κ3) is 3.51. The van der Waals surface area contributed by atoms with E-state index in [4.69, 9.17) is 44.3 Å². The fourth-order valence-corrected chi connectivity index (χ4v) is 4.62. The molecule has 1 heterocycles. The fourth-order valence-electron chi connectivity index (χ4n) is 2.35. The maximum atomic E-state index is 12.7. The number of hydrogen-bond donors (Lipinski definition) is 1. The highest BCUT2D eigenvalue weighted by molar-refractivity contribution is 7.21. The molecular formula is C17H12Cl3NO3S. The second-order valence-electron chi connectivity index (χ2n) is 5.03. The zero-order valence-electron chi connectivity index (χ0n) is 13.2. The van der Waals surface area contributed by atoms with Crippen LogP contribution in [0, 0.1) is 0 Å². The van der Waals surface area contributed by atoms with Crippen LogP contribution in [0.3, 0.4) is 0 Å². The molecule has 0 aliphatic rings. The summed E-state index contributed by atoms with van der Waals surface area (Å²) >= 11 is 19.8. The molecule has 0 saturated heterocycles. The first-order chi connectivity index (χ1) is 11.9. The molecule has 1 amide bonds. The standard InChI is InChI=1S/C17H12Cl3NO3S/c1-23-9-3-4-12(24-2)11(7-9)21-17(22)16-15(20)14-10(19)5-8(18)6-13(14)25-16/h3-7H,1-2H3,(H,21,22). The Morgan fingerprint density at radius 3 is 2.52 bits per heavy atom. The van der Waals surface area contributed by atoms with Gasteiger partial charge in [-0.3, -0.25) is 4.79 Å². The lowest BCUT2D eigenvalue weighted by molar-refractivity contribution is 0.103. The average Bonchev–Trinajstić information content (AvgIpc) is 2.91. The van der Waals surface area contributed by atoms with Crippen LogP contribution in [0.2, 0.25) is 15.1 Å². The smallest absolute Gasteiger partial charge is 0.267 e. The number of methoxy groups -OCH3 is 2. The van der Waals surface area contributed by atoms with Crippen molar-refractivity contribution in [1.82, 2.24) is 0 Å². The second-order valence-corrected chi connectivity index (χ2v) is 7.30. The van der Waals surface area contributed by atoms with Crippen LogP contribution in [0.25, 0.3) is 10.1 Å². The summed E-state index contributed by atoms with van der Waals surface area (Å²) in [5.74, 6) is 0.728. The first-order valence-electron chi connectivity index (χ1n) is 7.05. The molecular weight excluding hydrogens is 405 g/mol. The Bertz CT molecular complexity index is 971. The minimum absolute atomic E-state index is 0.293. The number of nitrogens with one attached hydrogen (secondary N) is 1. The number of fused-ring (bicyclic) bond motifs is 1. The summed E-state index contributed by atoms with van der Waals surface area (Å²) in [5, 5.41) is 4.59. The molecule has 0 fully saturated rings. The van der Waals surface area contributed by atoms with E-state index in [-0.39, 0.29) is 5.91 Å². The number of ether oxygens (including phenoxy) is 2. The summed E-state index contributed by atoms with van der Waals surface area (Å²) in [6.07, 6.45) is 0. The number of halogens is 3. The lowest BCUT2D eigenvalue weighted by atomic mass is 10.2. The summed E-state index contributed by atoms with van der Waals surface area (Å²) in [6, 6.07) is 8.43. The van der Waals surface area contributed by atoms with E-state index < -0.39 is 0 Å². The van der Waals surface area contributed by atoms with E-state index in [1.165, 1.54) is 18.4 Å². The van der Waals surface area contributed by atoms with Crippen LogP contribution in [0.15, 0.2) is 30.3 Å². The van der Waals surface area contributed by atoms with Gasteiger partial charge in [0, 0.05) is 21.2 Å². The zero-order chi connectivity index (χ0) is 18.1. The summed E-state index contributed by atoms with van der Waals surface area (Å²) in [4.78, 5) is 13.0. The van der Waals surface area contributed by atoms with Gasteiger partial charge in [-0.05, 0) is 24.3 Å². The first kappa shape index (κ1) is 18.1. The highest BCUT2D eigenvalue weighted by atomic mass is 35.5. The van der Waals surface area contributed by atoms with Crippen LogP contribution in [-0.4, -0.2) is 20.1 Å². The van der Waals surface area contributed by atoms with E-state index in [1.807, 2.05) is 0 Å². The Hall–Kier alpha value is -1.66. The molecule has 0 atom stereocenters. The third-order valence-corrected chi connectivity index (χ3v) is 5.65. The van der Waals surface area contributed by atoms with E-state index in [9.17, 15) is 4.79 Å². The van der Waals surface area contributed by atoms with Gasteiger partial charge < -0.3 is 14.8 Å². The Morgan fingerprint density at radius 2 is 1.84 bits per heavy atom. The number of anilines is 1. The predicted octanol–water partition coefficient (Wildman–Crippen LogP) is 6.13. The van der Waals surface area contributed by atoms with E-state index in [0.717, 1.165) is 4.70 Å². The maximum Gasteiger partial charge on any atom is 0.267 e. The van der Waals surface area contributed by atoms with Gasteiger partial charge in [-0.1, -0.05) is 34.8 Å². The van der Waals surface area contributed by atoms with E-state index in [2.05, 4.69) is 5.32 Å². The predicted molar refractivity (Wildman–Crippen MR) is 104 cm³/mol. The van der Waals surface area contributed by atoms with Crippen molar-refractivity contribution in [1.29, 1.82) is 0 Å². The van der Waals surface area contributed by atoms with E-state index in [0.29, 0.717) is 42.5 Å². The molecule has 1 N–H and O–H groups in total. The number of carbonyl (C=O) groups excluding carboxylic acids is 1. The highest BCUT2D eigenvalue weighted by Gasteiger charge is 2.21. The van der Waals surface area contributed by atoms with Crippen LogP contribution < -0.4 is 14.8 Å². The topological polar surface area (TPSA) is 47.6 Å². The SMILES string of the molecule is COc1ccc(OC)c(NC(=O)c2sc3cc(Cl)cc(Cl)c3c2Cl)c1. The number of rotatable bonds is 4. The quantitative estimate of drug-likeness (QED) is 0.556. The van der Waals surface area contributed by atoms with Crippen LogP contribution in [0.5, 0.6) is 11.5 Å². The van der Waals surface area contributed by atoms with Gasteiger partial charge in [0.05, 0.1) is 30.0 Å². The molecule has 3 aromatic rings. The van der Waals surface area contributed by atoms with Gasteiger partial charge in [0.15, 0.2) is 0 Å². The van der Waals surface area contributed by atoms with Crippen molar-refractivity contribution in [2.24, 2.45) is 0 Å². The molecule has 1 aromatic heterocycles. The van der Waals surface area contributed by atoms with Gasteiger partial charge in [0.1, 0.15) is 16.4 Å². The van der Waals surface area contributed by atoms with Gasteiger partial charge >= 0.3 is 0 Å². The Balaban J connectivity index is 2.01. The Morgan fingerprint density at radius 1 is 1.08 bits per heavy atom. The number of benzene rings is 2. The Labute approximate surface area is 163 Å². The number of hydrogen-bond acceptors (Lipinski definition) is 4. The molecule has 0 spiro atoms. The second kappa shape index (κ2) is 7.30. The monoisotopic (exact) mass is 415 g/mol. The molecule has 0 aliphatic heterocycles. The van der Waals surface area contributed by atoms with Crippen molar-refractivity contribution in [2.45, 2.75) is 0 Å². The third-order valence-electron chi connectivity index (χ3n) is 3.51. The van der Waals surface area contributed by atoms with Crippen LogP contribution >= 0.6 is 46.1 Å². The molecule has 0 aliphatic carbocycles. The van der Waals surface area contributed by atoms with Gasteiger partial charge in [-0.2, -0.15) is 0 Å². The average molecular weight is 417 g/mol. The number of carbonyl (C=O) groups is 1. The molecule has 0 radical (unpaired) electrons. The first-order valence-corrected chi connectivity index (χ1v) is 9.00. The lowest BCUT2D eigenvalue weighted by Gasteiger charge is -2.11. The molecule has 25 heavy (non-hydrogen) atoms. The van der Waals surface area contributed by atoms with Crippen molar-refractivity contribution in [3.63, 3.8) is 0 Å². The van der Waals surface area contributed by atoms with E-state index in [1.54, 1.807) is 37.4 Å². The number of thiophene rings is 1. The van der Waals surface area contributed by atoms with Crippen molar-refractivity contribution < 1.29 is 14.3 Å². The van der Waals surface area contributed by atoms with Crippen molar-refractivity contribution >= 4 is 67.8 Å². The highest BCUT2D eigenvalue weighted by Crippen LogP contribution is 2.41. The van der Waals surface area contributed by atoms with E-state index >= 15 is 0 Å². The number of amides is 1. The molecule has 2 aromatic carbocycles. The summed E-state index contributed by atoms with van der Waals surface area (Å²) in [7, 11) is 3.06. The summed E-state index contributed by atoms with van der Waals surface area (Å²) in [5.41, 5.74) is 0.476. The summed E-state index contributed by atoms with van der Waals surface area (Å²) < 4.78 is 11.2. The molecule has 0 saturated carbocycles. The molecule has 0 bridgehead atoms. The minimum Gasteiger partial charge on any atom is -0.497 e. The van der Waals surface area contributed by atoms with Gasteiger partial charge in [-0.15, -0.1) is 11.3 Å². The Kier molecular flexibility index (Phi) is 5.29. The van der Waals surface area contributed by atoms with Crippen LogP contribution in [-0.2, 0) is 0 Å². The summed E-state index contributed by atoms with van der Waals surface area (Å²) in [6.45, 7) is 0. The molecule has 8 heteroatoms. The van der Waals surface area contributed by atoms with Crippen molar-refractivity contribution in [3.05, 3.63) is 50.3 Å². The molecule has 0 unspecified atom stereocenters. The lowest BCUT2D eigenvalue weighted by Crippen LogP contribution is -2.11. The maximum absolute atomic E-state index is 12.7. The molecule has 4 nitrogen and oxygen atoms in total. The van der Waals surface area contributed by atoms with Gasteiger partial charge in [0.2, 0.25) is 0 Å². The fraction of sp³-hybridized carbons (Fsp3) is 0.118. The largest absolute Gasteiger partial charge is 0.497 e. The van der Waals surface area contributed by atoms with Crippen LogP contribution in [0.4, 0.5) is 5.69 Å². The van der Waals surface area contributed by atoms with Crippen LogP contribution in [0.1, 0.15) is 9.67 Å². The zero-order valence-corrected chi connectivity index (χ0v) is 16.2. The van der Waals surface area contributed by atoms with Gasteiger partial charge in [0.25, 0.3) is 5.91 Å². The normalized spacial score (nSPS) is 10.8. The van der Waals surface area contributed by atoms with Crippen molar-refractivity contribution in [2.75, 3.05) is 19.5 Å². The van der Waals surface area contributed by atoms with Crippen molar-refractivity contribution in [3.8, 4) is 11.5 Å². The van der Waals surface area contributed by atoms with Gasteiger partial charge in [-0.25, -0.2) is 0 Å². The molecule has 130 valence electrons.